The highest BCUT2D eigenvalue weighted by Crippen LogP contribution is 2.28. The van der Waals surface area contributed by atoms with E-state index in [0.29, 0.717) is 4.57 Å². The molecule has 1 N–H and O–H groups in total. The van der Waals surface area contributed by atoms with Crippen LogP contribution in [0.25, 0.3) is 0 Å². The predicted octanol–water partition coefficient (Wildman–Crippen LogP) is 1.25. The minimum atomic E-state index is -4.59. The molecular weight excluding hydrogens is 211 g/mol. The van der Waals surface area contributed by atoms with Gasteiger partial charge in [0.1, 0.15) is 5.69 Å². The van der Waals surface area contributed by atoms with E-state index in [0.717, 1.165) is 18.2 Å². The molecule has 0 aliphatic carbocycles. The average molecular weight is 221 g/mol. The van der Waals surface area contributed by atoms with Gasteiger partial charge in [-0.2, -0.15) is 13.2 Å². The van der Waals surface area contributed by atoms with Crippen LogP contribution in [0.3, 0.4) is 0 Å². The number of aliphatic hydroxyl groups excluding tert-OH is 1. The molecule has 0 unspecified atom stereocenters. The van der Waals surface area contributed by atoms with Gasteiger partial charge in [-0.05, 0) is 13.0 Å². The van der Waals surface area contributed by atoms with E-state index in [1.165, 1.54) is 6.92 Å². The van der Waals surface area contributed by atoms with Gasteiger partial charge < -0.3 is 9.67 Å². The van der Waals surface area contributed by atoms with Crippen LogP contribution < -0.4 is 5.56 Å². The molecule has 0 bridgehead atoms. The summed E-state index contributed by atoms with van der Waals surface area (Å²) in [6.45, 7) is 0.952. The SMILES string of the molecule is C[C@H](O)Cn1c(C(F)(F)F)cccc1=O. The van der Waals surface area contributed by atoms with Crippen molar-refractivity contribution in [2.24, 2.45) is 0 Å². The molecular formula is C9H10F3NO2. The summed E-state index contributed by atoms with van der Waals surface area (Å²) in [5, 5.41) is 8.99. The van der Waals surface area contributed by atoms with Crippen molar-refractivity contribution in [3.8, 4) is 0 Å². The maximum atomic E-state index is 12.4. The first kappa shape index (κ1) is 11.8. The number of rotatable bonds is 2. The smallest absolute Gasteiger partial charge is 0.392 e. The fraction of sp³-hybridized carbons (Fsp3) is 0.444. The number of aliphatic hydroxyl groups is 1. The maximum absolute atomic E-state index is 12.4. The third-order valence-corrected chi connectivity index (χ3v) is 1.79. The zero-order valence-corrected chi connectivity index (χ0v) is 7.95. The highest BCUT2D eigenvalue weighted by Gasteiger charge is 2.34. The first-order valence-electron chi connectivity index (χ1n) is 4.27. The predicted molar refractivity (Wildman–Crippen MR) is 47.4 cm³/mol. The lowest BCUT2D eigenvalue weighted by molar-refractivity contribution is -0.144. The molecule has 0 saturated heterocycles. The number of aromatic nitrogens is 1. The Morgan fingerprint density at radius 3 is 2.53 bits per heavy atom. The summed E-state index contributed by atoms with van der Waals surface area (Å²) in [4.78, 5) is 11.2. The number of nitrogens with zero attached hydrogens (tertiary/aromatic N) is 1. The molecule has 0 aromatic carbocycles. The van der Waals surface area contributed by atoms with Crippen molar-refractivity contribution >= 4 is 0 Å². The quantitative estimate of drug-likeness (QED) is 0.816. The lowest BCUT2D eigenvalue weighted by Gasteiger charge is -2.15. The number of hydrogen-bond acceptors (Lipinski definition) is 2. The number of pyridine rings is 1. The van der Waals surface area contributed by atoms with Gasteiger partial charge in [-0.1, -0.05) is 6.07 Å². The van der Waals surface area contributed by atoms with Crippen LogP contribution in [-0.4, -0.2) is 15.8 Å². The van der Waals surface area contributed by atoms with Crippen molar-refractivity contribution in [2.75, 3.05) is 0 Å². The van der Waals surface area contributed by atoms with Crippen LogP contribution in [0.5, 0.6) is 0 Å². The molecule has 1 heterocycles. The van der Waals surface area contributed by atoms with Gasteiger partial charge in [0.05, 0.1) is 12.6 Å². The molecule has 0 aliphatic heterocycles. The van der Waals surface area contributed by atoms with E-state index in [2.05, 4.69) is 0 Å². The minimum absolute atomic E-state index is 0.367. The zero-order chi connectivity index (χ0) is 11.6. The fourth-order valence-corrected chi connectivity index (χ4v) is 1.22. The van der Waals surface area contributed by atoms with Crippen molar-refractivity contribution in [1.82, 2.24) is 4.57 Å². The summed E-state index contributed by atoms with van der Waals surface area (Å²) >= 11 is 0. The Kier molecular flexibility index (Phi) is 3.18. The molecule has 0 aliphatic rings. The second kappa shape index (κ2) is 4.06. The van der Waals surface area contributed by atoms with Crippen molar-refractivity contribution in [2.45, 2.75) is 25.7 Å². The maximum Gasteiger partial charge on any atom is 0.431 e. The normalized spacial score (nSPS) is 13.9. The van der Waals surface area contributed by atoms with Gasteiger partial charge in [-0.15, -0.1) is 0 Å². The van der Waals surface area contributed by atoms with Gasteiger partial charge in [0, 0.05) is 6.07 Å². The summed E-state index contributed by atoms with van der Waals surface area (Å²) in [5.74, 6) is 0. The van der Waals surface area contributed by atoms with Gasteiger partial charge in [-0.3, -0.25) is 4.79 Å². The van der Waals surface area contributed by atoms with Crippen LogP contribution >= 0.6 is 0 Å². The molecule has 1 rings (SSSR count). The molecule has 6 heteroatoms. The minimum Gasteiger partial charge on any atom is -0.392 e. The molecule has 3 nitrogen and oxygen atoms in total. The highest BCUT2D eigenvalue weighted by molar-refractivity contribution is 5.10. The van der Waals surface area contributed by atoms with E-state index in [1.54, 1.807) is 0 Å². The van der Waals surface area contributed by atoms with Crippen LogP contribution in [0.4, 0.5) is 13.2 Å². The molecule has 0 radical (unpaired) electrons. The van der Waals surface area contributed by atoms with Gasteiger partial charge in [0.15, 0.2) is 0 Å². The van der Waals surface area contributed by atoms with Crippen molar-refractivity contribution < 1.29 is 18.3 Å². The van der Waals surface area contributed by atoms with Crippen LogP contribution in [0.2, 0.25) is 0 Å². The van der Waals surface area contributed by atoms with Crippen LogP contribution in [0.1, 0.15) is 12.6 Å². The standard InChI is InChI=1S/C9H10F3NO2/c1-6(14)5-13-7(9(10,11)12)3-2-4-8(13)15/h2-4,6,14H,5H2,1H3/t6-/m0/s1. The Balaban J connectivity index is 3.27. The number of halogens is 3. The molecule has 0 fully saturated rings. The van der Waals surface area contributed by atoms with Gasteiger partial charge in [0.25, 0.3) is 5.56 Å². The lowest BCUT2D eigenvalue weighted by Crippen LogP contribution is -2.30. The lowest BCUT2D eigenvalue weighted by atomic mass is 10.3. The van der Waals surface area contributed by atoms with Gasteiger partial charge >= 0.3 is 6.18 Å². The van der Waals surface area contributed by atoms with Crippen LogP contribution in [-0.2, 0) is 12.7 Å². The summed E-state index contributed by atoms with van der Waals surface area (Å²) in [6.07, 6.45) is -5.60. The Morgan fingerprint density at radius 2 is 2.07 bits per heavy atom. The monoisotopic (exact) mass is 221 g/mol. The molecule has 1 aromatic heterocycles. The van der Waals surface area contributed by atoms with E-state index in [9.17, 15) is 18.0 Å². The Hall–Kier alpha value is -1.30. The molecule has 0 spiro atoms. The first-order chi connectivity index (χ1) is 6.82. The topological polar surface area (TPSA) is 42.2 Å². The van der Waals surface area contributed by atoms with E-state index in [1.807, 2.05) is 0 Å². The highest BCUT2D eigenvalue weighted by atomic mass is 19.4. The van der Waals surface area contributed by atoms with E-state index < -0.39 is 23.5 Å². The molecule has 15 heavy (non-hydrogen) atoms. The summed E-state index contributed by atoms with van der Waals surface area (Å²) in [7, 11) is 0. The Morgan fingerprint density at radius 1 is 1.47 bits per heavy atom. The molecule has 1 atom stereocenters. The zero-order valence-electron chi connectivity index (χ0n) is 7.95. The summed E-state index contributed by atoms with van der Waals surface area (Å²) in [5.41, 5.74) is -1.82. The van der Waals surface area contributed by atoms with E-state index in [4.69, 9.17) is 5.11 Å². The van der Waals surface area contributed by atoms with E-state index in [-0.39, 0.29) is 6.54 Å². The average Bonchev–Trinajstić information content (AvgIpc) is 2.05. The van der Waals surface area contributed by atoms with Crippen LogP contribution in [0.15, 0.2) is 23.0 Å². The van der Waals surface area contributed by atoms with Gasteiger partial charge in [-0.25, -0.2) is 0 Å². The second-order valence-electron chi connectivity index (χ2n) is 3.21. The third-order valence-electron chi connectivity index (χ3n) is 1.79. The number of hydrogen-bond donors (Lipinski definition) is 1. The van der Waals surface area contributed by atoms with Crippen molar-refractivity contribution in [1.29, 1.82) is 0 Å². The third kappa shape index (κ3) is 2.82. The fourth-order valence-electron chi connectivity index (χ4n) is 1.22. The molecule has 0 saturated carbocycles. The van der Waals surface area contributed by atoms with E-state index >= 15 is 0 Å². The van der Waals surface area contributed by atoms with Crippen molar-refractivity contribution in [3.05, 3.63) is 34.2 Å². The van der Waals surface area contributed by atoms with Crippen LogP contribution in [0, 0.1) is 0 Å². The second-order valence-corrected chi connectivity index (χ2v) is 3.21. The largest absolute Gasteiger partial charge is 0.431 e. The van der Waals surface area contributed by atoms with Crippen molar-refractivity contribution in [3.63, 3.8) is 0 Å². The van der Waals surface area contributed by atoms with Gasteiger partial charge in [0.2, 0.25) is 0 Å². The number of alkyl halides is 3. The summed E-state index contributed by atoms with van der Waals surface area (Å²) in [6, 6.07) is 2.88. The Labute approximate surface area is 83.8 Å². The first-order valence-corrected chi connectivity index (χ1v) is 4.27. The Bertz CT molecular complexity index is 395. The molecule has 84 valence electrons. The summed E-state index contributed by atoms with van der Waals surface area (Å²) < 4.78 is 37.8. The molecule has 0 amide bonds. The molecule has 1 aromatic rings.